The molecule has 0 spiro atoms. The third-order valence-corrected chi connectivity index (χ3v) is 2.79. The molecule has 1 unspecified atom stereocenters. The molecule has 0 amide bonds. The Morgan fingerprint density at radius 3 is 2.47 bits per heavy atom. The van der Waals surface area contributed by atoms with Gasteiger partial charge in [0.1, 0.15) is 11.6 Å². The van der Waals surface area contributed by atoms with Crippen molar-refractivity contribution in [2.45, 2.75) is 19.9 Å². The van der Waals surface area contributed by atoms with Gasteiger partial charge in [-0.1, -0.05) is 6.07 Å². The fraction of sp³-hybridized carbons (Fsp3) is 0.417. The Hall–Kier alpha value is -1.49. The van der Waals surface area contributed by atoms with Crippen molar-refractivity contribution in [1.29, 1.82) is 0 Å². The molecule has 94 valence electrons. The number of rotatable bonds is 3. The number of halogens is 2. The Balaban J connectivity index is 3.11. The molecular formula is C12H15F2NO2. The van der Waals surface area contributed by atoms with Crippen LogP contribution in [0.25, 0.3) is 0 Å². The van der Waals surface area contributed by atoms with E-state index in [1.54, 1.807) is 13.8 Å². The summed E-state index contributed by atoms with van der Waals surface area (Å²) in [6.45, 7) is 3.10. The third kappa shape index (κ3) is 2.61. The van der Waals surface area contributed by atoms with Crippen molar-refractivity contribution in [1.82, 2.24) is 0 Å². The molecule has 0 aliphatic rings. The zero-order valence-electron chi connectivity index (χ0n) is 9.96. The van der Waals surface area contributed by atoms with Crippen LogP contribution in [0.1, 0.15) is 25.5 Å². The molecule has 0 aliphatic heterocycles. The molecule has 3 nitrogen and oxygen atoms in total. The Labute approximate surface area is 98.6 Å². The summed E-state index contributed by atoms with van der Waals surface area (Å²) in [7, 11) is 1.23. The molecule has 0 heterocycles. The van der Waals surface area contributed by atoms with Crippen molar-refractivity contribution in [3.8, 4) is 0 Å². The summed E-state index contributed by atoms with van der Waals surface area (Å²) in [5.41, 5.74) is 4.83. The summed E-state index contributed by atoms with van der Waals surface area (Å²) in [5, 5.41) is 0. The lowest BCUT2D eigenvalue weighted by Gasteiger charge is -2.29. The van der Waals surface area contributed by atoms with E-state index in [1.807, 2.05) is 0 Å². The molecule has 2 N–H and O–H groups in total. The largest absolute Gasteiger partial charge is 0.469 e. The standard InChI is InChI=1S/C12H15F2NO2/c1-12(2,11(16)17-3)10(15)8-5-4-7(13)6-9(8)14/h4-6,10H,15H2,1-3H3. The van der Waals surface area contributed by atoms with E-state index >= 15 is 0 Å². The summed E-state index contributed by atoms with van der Waals surface area (Å²) in [6, 6.07) is 2.17. The lowest BCUT2D eigenvalue weighted by molar-refractivity contribution is -0.152. The van der Waals surface area contributed by atoms with E-state index in [4.69, 9.17) is 5.73 Å². The summed E-state index contributed by atoms with van der Waals surface area (Å²) < 4.78 is 30.9. The van der Waals surface area contributed by atoms with Gasteiger partial charge in [0.2, 0.25) is 0 Å². The molecule has 0 saturated heterocycles. The maximum absolute atomic E-state index is 13.5. The zero-order valence-corrected chi connectivity index (χ0v) is 9.96. The van der Waals surface area contributed by atoms with Gasteiger partial charge >= 0.3 is 5.97 Å². The van der Waals surface area contributed by atoms with E-state index in [-0.39, 0.29) is 5.56 Å². The average molecular weight is 243 g/mol. The predicted molar refractivity (Wildman–Crippen MR) is 59.1 cm³/mol. The Kier molecular flexibility index (Phi) is 3.83. The highest BCUT2D eigenvalue weighted by atomic mass is 19.1. The molecule has 0 saturated carbocycles. The van der Waals surface area contributed by atoms with Gasteiger partial charge in [0.15, 0.2) is 0 Å². The van der Waals surface area contributed by atoms with Gasteiger partial charge < -0.3 is 10.5 Å². The molecule has 0 fully saturated rings. The summed E-state index contributed by atoms with van der Waals surface area (Å²) in [5.74, 6) is -2.00. The molecule has 0 bridgehead atoms. The third-order valence-electron chi connectivity index (χ3n) is 2.79. The highest BCUT2D eigenvalue weighted by Gasteiger charge is 2.37. The molecule has 1 aromatic rings. The minimum Gasteiger partial charge on any atom is -0.469 e. The van der Waals surface area contributed by atoms with Crippen LogP contribution in [-0.4, -0.2) is 13.1 Å². The molecular weight excluding hydrogens is 228 g/mol. The van der Waals surface area contributed by atoms with Crippen molar-refractivity contribution in [2.75, 3.05) is 7.11 Å². The van der Waals surface area contributed by atoms with Gasteiger partial charge in [-0.25, -0.2) is 8.78 Å². The lowest BCUT2D eigenvalue weighted by atomic mass is 9.81. The van der Waals surface area contributed by atoms with Gasteiger partial charge in [-0.2, -0.15) is 0 Å². The lowest BCUT2D eigenvalue weighted by Crippen LogP contribution is -2.37. The molecule has 17 heavy (non-hydrogen) atoms. The van der Waals surface area contributed by atoms with Crippen molar-refractivity contribution in [3.05, 3.63) is 35.4 Å². The van der Waals surface area contributed by atoms with E-state index < -0.39 is 29.1 Å². The number of hydrogen-bond acceptors (Lipinski definition) is 3. The van der Waals surface area contributed by atoms with Crippen LogP contribution in [0.15, 0.2) is 18.2 Å². The number of carbonyl (C=O) groups is 1. The summed E-state index contributed by atoms with van der Waals surface area (Å²) >= 11 is 0. The highest BCUT2D eigenvalue weighted by Crippen LogP contribution is 2.33. The average Bonchev–Trinajstić information content (AvgIpc) is 2.27. The minimum absolute atomic E-state index is 0.0850. The van der Waals surface area contributed by atoms with Crippen LogP contribution in [0.3, 0.4) is 0 Å². The second-order valence-corrected chi connectivity index (χ2v) is 4.36. The number of carbonyl (C=O) groups excluding carboxylic acids is 1. The van der Waals surface area contributed by atoms with Gasteiger partial charge in [-0.05, 0) is 19.9 Å². The van der Waals surface area contributed by atoms with Gasteiger partial charge in [-0.15, -0.1) is 0 Å². The topological polar surface area (TPSA) is 52.3 Å². The van der Waals surface area contributed by atoms with Crippen LogP contribution in [-0.2, 0) is 9.53 Å². The molecule has 1 atom stereocenters. The van der Waals surface area contributed by atoms with E-state index in [9.17, 15) is 13.6 Å². The van der Waals surface area contributed by atoms with E-state index in [0.29, 0.717) is 0 Å². The second-order valence-electron chi connectivity index (χ2n) is 4.36. The van der Waals surface area contributed by atoms with Crippen LogP contribution in [0.2, 0.25) is 0 Å². The Bertz CT molecular complexity index is 433. The summed E-state index contributed by atoms with van der Waals surface area (Å²) in [6.07, 6.45) is 0. The number of benzene rings is 1. The molecule has 1 rings (SSSR count). The zero-order chi connectivity index (χ0) is 13.2. The Morgan fingerprint density at radius 2 is 2.00 bits per heavy atom. The van der Waals surface area contributed by atoms with E-state index in [0.717, 1.165) is 12.1 Å². The number of esters is 1. The van der Waals surface area contributed by atoms with Crippen LogP contribution in [0.5, 0.6) is 0 Å². The van der Waals surface area contributed by atoms with Gasteiger partial charge in [-0.3, -0.25) is 4.79 Å². The molecule has 0 aliphatic carbocycles. The first kappa shape index (κ1) is 13.6. The van der Waals surface area contributed by atoms with Crippen LogP contribution in [0, 0.1) is 17.0 Å². The summed E-state index contributed by atoms with van der Waals surface area (Å²) in [4.78, 5) is 11.5. The SMILES string of the molecule is COC(=O)C(C)(C)C(N)c1ccc(F)cc1F. The van der Waals surface area contributed by atoms with Gasteiger partial charge in [0.25, 0.3) is 0 Å². The maximum Gasteiger partial charge on any atom is 0.313 e. The minimum atomic E-state index is -1.09. The first-order chi connectivity index (χ1) is 7.80. The number of hydrogen-bond donors (Lipinski definition) is 1. The van der Waals surface area contributed by atoms with Crippen molar-refractivity contribution >= 4 is 5.97 Å². The normalized spacial score (nSPS) is 13.3. The highest BCUT2D eigenvalue weighted by molar-refractivity contribution is 5.77. The number of ether oxygens (including phenoxy) is 1. The predicted octanol–water partition coefficient (Wildman–Crippen LogP) is 2.16. The van der Waals surface area contributed by atoms with Gasteiger partial charge in [0.05, 0.1) is 12.5 Å². The quantitative estimate of drug-likeness (QED) is 0.828. The fourth-order valence-electron chi connectivity index (χ4n) is 1.53. The van der Waals surface area contributed by atoms with E-state index in [2.05, 4.69) is 4.74 Å². The first-order valence-corrected chi connectivity index (χ1v) is 5.09. The van der Waals surface area contributed by atoms with Crippen LogP contribution in [0.4, 0.5) is 8.78 Å². The Morgan fingerprint density at radius 1 is 1.41 bits per heavy atom. The second kappa shape index (κ2) is 4.79. The first-order valence-electron chi connectivity index (χ1n) is 5.09. The van der Waals surface area contributed by atoms with Crippen LogP contribution >= 0.6 is 0 Å². The number of nitrogens with two attached hydrogens (primary N) is 1. The number of methoxy groups -OCH3 is 1. The van der Waals surface area contributed by atoms with Crippen molar-refractivity contribution in [2.24, 2.45) is 11.1 Å². The smallest absolute Gasteiger partial charge is 0.313 e. The van der Waals surface area contributed by atoms with Crippen molar-refractivity contribution < 1.29 is 18.3 Å². The molecule has 0 radical (unpaired) electrons. The molecule has 5 heteroatoms. The molecule has 1 aromatic carbocycles. The maximum atomic E-state index is 13.5. The monoisotopic (exact) mass is 243 g/mol. The van der Waals surface area contributed by atoms with Crippen LogP contribution < -0.4 is 5.73 Å². The molecule has 0 aromatic heterocycles. The fourth-order valence-corrected chi connectivity index (χ4v) is 1.53. The van der Waals surface area contributed by atoms with E-state index in [1.165, 1.54) is 13.2 Å². The van der Waals surface area contributed by atoms with Gasteiger partial charge in [0, 0.05) is 17.7 Å². The van der Waals surface area contributed by atoms with Crippen molar-refractivity contribution in [3.63, 3.8) is 0 Å².